The molecule has 1 aliphatic carbocycles. The zero-order chi connectivity index (χ0) is 26.6. The van der Waals surface area contributed by atoms with Crippen LogP contribution in [0.4, 0.5) is 8.78 Å². The Bertz CT molecular complexity index is 1530. The first kappa shape index (κ1) is 24.5. The number of benzene rings is 1. The Morgan fingerprint density at radius 1 is 1.16 bits per heavy atom. The van der Waals surface area contributed by atoms with E-state index in [0.29, 0.717) is 59.8 Å². The monoisotopic (exact) mass is 520 g/mol. The molecule has 0 atom stereocenters. The third kappa shape index (κ3) is 4.32. The molecule has 38 heavy (non-hydrogen) atoms. The lowest BCUT2D eigenvalue weighted by atomic mass is 9.86. The zero-order valence-electron chi connectivity index (χ0n) is 21.7. The first-order chi connectivity index (χ1) is 18.3. The van der Waals surface area contributed by atoms with Crippen LogP contribution in [-0.4, -0.2) is 63.3 Å². The number of halogens is 2. The van der Waals surface area contributed by atoms with Gasteiger partial charge in [0.15, 0.2) is 5.82 Å². The summed E-state index contributed by atoms with van der Waals surface area (Å²) in [6.45, 7) is 3.12. The number of nitrogens with one attached hydrogen (secondary N) is 1. The molecular weight excluding hydrogens is 490 g/mol. The van der Waals surface area contributed by atoms with E-state index in [1.807, 2.05) is 7.05 Å². The predicted molar refractivity (Wildman–Crippen MR) is 139 cm³/mol. The summed E-state index contributed by atoms with van der Waals surface area (Å²) in [7, 11) is 3.54. The highest BCUT2D eigenvalue weighted by Crippen LogP contribution is 2.42. The van der Waals surface area contributed by atoms with Crippen molar-refractivity contribution >= 4 is 11.6 Å². The second kappa shape index (κ2) is 9.20. The third-order valence-corrected chi connectivity index (χ3v) is 7.67. The topological polar surface area (TPSA) is 76.7 Å². The number of alkyl halides is 1. The number of imidazole rings is 1. The normalized spacial score (nSPS) is 17.6. The van der Waals surface area contributed by atoms with Crippen LogP contribution in [0.1, 0.15) is 47.2 Å². The molecule has 2 fully saturated rings. The third-order valence-electron chi connectivity index (χ3n) is 7.67. The molecule has 0 radical (unpaired) electrons. The van der Waals surface area contributed by atoms with Crippen molar-refractivity contribution in [3.63, 3.8) is 0 Å². The predicted octanol–water partition coefficient (Wildman–Crippen LogP) is 4.43. The number of rotatable bonds is 6. The molecule has 10 heteroatoms. The highest BCUT2D eigenvalue weighted by molar-refractivity contribution is 5.96. The van der Waals surface area contributed by atoms with Crippen molar-refractivity contribution < 1.29 is 18.3 Å². The Kier molecular flexibility index (Phi) is 5.94. The number of amides is 1. The number of aryl methyl sites for hydroxylation is 1. The number of aromatic nitrogens is 4. The molecule has 1 aromatic carbocycles. The van der Waals surface area contributed by atoms with Crippen LogP contribution in [0, 0.1) is 12.7 Å². The second-order valence-electron chi connectivity index (χ2n) is 10.4. The van der Waals surface area contributed by atoms with Gasteiger partial charge in [-0.3, -0.25) is 9.20 Å². The smallest absolute Gasteiger partial charge is 0.254 e. The number of methoxy groups -OCH3 is 1. The Balaban J connectivity index is 1.38. The minimum Gasteiger partial charge on any atom is -0.496 e. The molecule has 0 spiro atoms. The van der Waals surface area contributed by atoms with Crippen LogP contribution in [0.15, 0.2) is 43.0 Å². The van der Waals surface area contributed by atoms with Crippen LogP contribution in [0.3, 0.4) is 0 Å². The second-order valence-corrected chi connectivity index (χ2v) is 10.4. The number of hydrogen-bond acceptors (Lipinski definition) is 5. The van der Waals surface area contributed by atoms with E-state index in [1.165, 1.54) is 6.07 Å². The van der Waals surface area contributed by atoms with Crippen LogP contribution in [0.5, 0.6) is 5.75 Å². The summed E-state index contributed by atoms with van der Waals surface area (Å²) >= 11 is 0. The van der Waals surface area contributed by atoms with Crippen molar-refractivity contribution in [3.8, 4) is 22.7 Å². The van der Waals surface area contributed by atoms with Crippen molar-refractivity contribution in [2.75, 3.05) is 27.2 Å². The van der Waals surface area contributed by atoms with Gasteiger partial charge in [0.05, 0.1) is 25.1 Å². The molecule has 4 aromatic rings. The van der Waals surface area contributed by atoms with E-state index in [-0.39, 0.29) is 11.6 Å². The standard InChI is InChI=1S/C28H30F2N6O2/c1-17-10-23(29)21(27(37)33-19-4-5-19)11-20(17)18-13-32-36(15-18)26-14-31-25-12-24(38-3)22(16-35(25)26)28(30)6-8-34(2)9-7-28/h10-16,19H,4-9H2,1-3H3,(H,33,37). The summed E-state index contributed by atoms with van der Waals surface area (Å²) in [4.78, 5) is 19.2. The van der Waals surface area contributed by atoms with E-state index in [9.17, 15) is 9.18 Å². The largest absolute Gasteiger partial charge is 0.496 e. The summed E-state index contributed by atoms with van der Waals surface area (Å²) in [5, 5.41) is 7.37. The minimum absolute atomic E-state index is 0.0168. The molecule has 2 aliphatic rings. The number of hydrogen-bond donors (Lipinski definition) is 1. The lowest BCUT2D eigenvalue weighted by molar-refractivity contribution is 0.0645. The SMILES string of the molecule is COc1cc2ncc(-n3cc(-c4cc(C(=O)NC5CC5)c(F)cc4C)cn3)n2cc1C1(F)CCN(C)CC1. The average Bonchev–Trinajstić information content (AvgIpc) is 3.41. The Morgan fingerprint density at radius 3 is 2.63 bits per heavy atom. The molecule has 1 saturated carbocycles. The molecular formula is C28H30F2N6O2. The zero-order valence-corrected chi connectivity index (χ0v) is 21.7. The molecule has 1 aliphatic heterocycles. The van der Waals surface area contributed by atoms with E-state index >= 15 is 4.39 Å². The fourth-order valence-corrected chi connectivity index (χ4v) is 5.15. The average molecular weight is 521 g/mol. The van der Waals surface area contributed by atoms with Crippen molar-refractivity contribution in [1.82, 2.24) is 29.4 Å². The number of ether oxygens (including phenoxy) is 1. The van der Waals surface area contributed by atoms with E-state index in [1.54, 1.807) is 60.0 Å². The van der Waals surface area contributed by atoms with Gasteiger partial charge in [-0.05, 0) is 62.9 Å². The minimum atomic E-state index is -1.51. The lowest BCUT2D eigenvalue weighted by Crippen LogP contribution is -2.38. The van der Waals surface area contributed by atoms with Gasteiger partial charge in [-0.15, -0.1) is 0 Å². The summed E-state index contributed by atoms with van der Waals surface area (Å²) in [6, 6.07) is 4.83. The quantitative estimate of drug-likeness (QED) is 0.407. The van der Waals surface area contributed by atoms with Gasteiger partial charge in [-0.1, -0.05) is 0 Å². The summed E-state index contributed by atoms with van der Waals surface area (Å²) in [6.07, 6.45) is 9.49. The van der Waals surface area contributed by atoms with Crippen LogP contribution >= 0.6 is 0 Å². The maximum atomic E-state index is 16.2. The Labute approximate surface area is 219 Å². The fraction of sp³-hybridized carbons (Fsp3) is 0.393. The van der Waals surface area contributed by atoms with Crippen molar-refractivity contribution in [1.29, 1.82) is 0 Å². The van der Waals surface area contributed by atoms with Gasteiger partial charge in [-0.2, -0.15) is 5.10 Å². The Hall–Kier alpha value is -3.79. The van der Waals surface area contributed by atoms with Gasteiger partial charge >= 0.3 is 0 Å². The summed E-state index contributed by atoms with van der Waals surface area (Å²) in [5.41, 5.74) is 1.73. The highest BCUT2D eigenvalue weighted by atomic mass is 19.1. The number of likely N-dealkylation sites (tertiary alicyclic amines) is 1. The van der Waals surface area contributed by atoms with Gasteiger partial charge in [0.25, 0.3) is 5.91 Å². The number of nitrogens with zero attached hydrogens (tertiary/aromatic N) is 5. The highest BCUT2D eigenvalue weighted by Gasteiger charge is 2.38. The first-order valence-corrected chi connectivity index (χ1v) is 12.9. The van der Waals surface area contributed by atoms with Crippen LogP contribution in [0.2, 0.25) is 0 Å². The Morgan fingerprint density at radius 2 is 1.92 bits per heavy atom. The van der Waals surface area contributed by atoms with Crippen LogP contribution in [0.25, 0.3) is 22.6 Å². The number of pyridine rings is 1. The molecule has 1 saturated heterocycles. The van der Waals surface area contributed by atoms with E-state index in [4.69, 9.17) is 4.74 Å². The maximum Gasteiger partial charge on any atom is 0.254 e. The fourth-order valence-electron chi connectivity index (χ4n) is 5.15. The molecule has 1 N–H and O–H groups in total. The summed E-state index contributed by atoms with van der Waals surface area (Å²) < 4.78 is 39.8. The van der Waals surface area contributed by atoms with E-state index in [0.717, 1.165) is 18.4 Å². The van der Waals surface area contributed by atoms with Crippen molar-refractivity contribution in [2.45, 2.75) is 44.3 Å². The van der Waals surface area contributed by atoms with E-state index < -0.39 is 17.4 Å². The summed E-state index contributed by atoms with van der Waals surface area (Å²) in [5.74, 6) is 0.144. The number of carbonyl (C=O) groups is 1. The maximum absolute atomic E-state index is 16.2. The van der Waals surface area contributed by atoms with Crippen LogP contribution in [-0.2, 0) is 5.67 Å². The number of piperidine rings is 1. The molecule has 3 aromatic heterocycles. The lowest BCUT2D eigenvalue weighted by Gasteiger charge is -2.35. The molecule has 6 rings (SSSR count). The van der Waals surface area contributed by atoms with Crippen molar-refractivity contribution in [2.24, 2.45) is 0 Å². The van der Waals surface area contributed by atoms with Gasteiger partial charge < -0.3 is 15.0 Å². The van der Waals surface area contributed by atoms with Crippen LogP contribution < -0.4 is 10.1 Å². The molecule has 4 heterocycles. The van der Waals surface area contributed by atoms with Gasteiger partial charge in [0.1, 0.15) is 22.9 Å². The number of carbonyl (C=O) groups excluding carboxylic acids is 1. The first-order valence-electron chi connectivity index (χ1n) is 12.9. The molecule has 0 unspecified atom stereocenters. The molecule has 0 bridgehead atoms. The molecule has 8 nitrogen and oxygen atoms in total. The van der Waals surface area contributed by atoms with Gasteiger partial charge in [0, 0.05) is 48.7 Å². The van der Waals surface area contributed by atoms with Crippen molar-refractivity contribution in [3.05, 3.63) is 65.5 Å². The molecule has 1 amide bonds. The number of fused-ring (bicyclic) bond motifs is 1. The van der Waals surface area contributed by atoms with E-state index in [2.05, 4.69) is 20.3 Å². The van der Waals surface area contributed by atoms with Gasteiger partial charge in [-0.25, -0.2) is 18.4 Å². The van der Waals surface area contributed by atoms with Gasteiger partial charge in [0.2, 0.25) is 0 Å². The molecule has 198 valence electrons.